The van der Waals surface area contributed by atoms with Crippen LogP contribution >= 0.6 is 24.0 Å². The lowest BCUT2D eigenvalue weighted by atomic mass is 10.1. The van der Waals surface area contributed by atoms with Gasteiger partial charge in [-0.1, -0.05) is 24.3 Å². The molecule has 164 valence electrons. The molecule has 1 aromatic heterocycles. The van der Waals surface area contributed by atoms with Crippen molar-refractivity contribution in [3.8, 4) is 5.69 Å². The summed E-state index contributed by atoms with van der Waals surface area (Å²) in [6.07, 6.45) is 0. The SMILES string of the molecule is CN=C(NCC(=O)Nc1cccc(F)c1)NCc1ccccc1-n1nc(C)cc1C.I. The molecule has 0 spiro atoms. The molecule has 1 heterocycles. The molecule has 7 nitrogen and oxygen atoms in total. The van der Waals surface area contributed by atoms with E-state index >= 15 is 0 Å². The number of aryl methyl sites for hydroxylation is 2. The van der Waals surface area contributed by atoms with E-state index in [0.717, 1.165) is 22.6 Å². The molecule has 0 saturated carbocycles. The first kappa shape index (κ1) is 24.3. The second-order valence-electron chi connectivity index (χ2n) is 6.81. The average molecular weight is 536 g/mol. The maximum absolute atomic E-state index is 13.2. The molecule has 3 N–H and O–H groups in total. The fourth-order valence-corrected chi connectivity index (χ4v) is 3.07. The summed E-state index contributed by atoms with van der Waals surface area (Å²) in [4.78, 5) is 16.3. The van der Waals surface area contributed by atoms with Crippen LogP contribution in [0.2, 0.25) is 0 Å². The van der Waals surface area contributed by atoms with Crippen molar-refractivity contribution < 1.29 is 9.18 Å². The van der Waals surface area contributed by atoms with Crippen molar-refractivity contribution in [2.24, 2.45) is 4.99 Å². The maximum Gasteiger partial charge on any atom is 0.243 e. The zero-order chi connectivity index (χ0) is 21.5. The summed E-state index contributed by atoms with van der Waals surface area (Å²) < 4.78 is 15.1. The molecule has 2 aromatic carbocycles. The lowest BCUT2D eigenvalue weighted by Gasteiger charge is -2.15. The first-order chi connectivity index (χ1) is 14.5. The van der Waals surface area contributed by atoms with Crippen molar-refractivity contribution in [3.05, 3.63) is 77.4 Å². The number of guanidine groups is 1. The van der Waals surface area contributed by atoms with E-state index in [9.17, 15) is 9.18 Å². The highest BCUT2D eigenvalue weighted by molar-refractivity contribution is 14.0. The van der Waals surface area contributed by atoms with Gasteiger partial charge in [-0.05, 0) is 49.7 Å². The summed E-state index contributed by atoms with van der Waals surface area (Å²) in [7, 11) is 1.63. The van der Waals surface area contributed by atoms with Gasteiger partial charge in [0.25, 0.3) is 0 Å². The van der Waals surface area contributed by atoms with Crippen molar-refractivity contribution in [2.75, 3.05) is 18.9 Å². The molecular weight excluding hydrogens is 510 g/mol. The molecule has 0 fully saturated rings. The van der Waals surface area contributed by atoms with Gasteiger partial charge in [0.1, 0.15) is 5.82 Å². The minimum atomic E-state index is -0.403. The lowest BCUT2D eigenvalue weighted by molar-refractivity contribution is -0.115. The summed E-state index contributed by atoms with van der Waals surface area (Å²) in [6, 6.07) is 15.8. The normalized spacial score (nSPS) is 10.9. The summed E-state index contributed by atoms with van der Waals surface area (Å²) in [5.74, 6) is -0.223. The highest BCUT2D eigenvalue weighted by Gasteiger charge is 2.10. The number of para-hydroxylation sites is 1. The molecule has 0 aliphatic carbocycles. The van der Waals surface area contributed by atoms with Crippen LogP contribution in [0.25, 0.3) is 5.69 Å². The first-order valence-electron chi connectivity index (χ1n) is 9.58. The molecule has 0 radical (unpaired) electrons. The molecule has 3 rings (SSSR count). The van der Waals surface area contributed by atoms with Crippen LogP contribution in [-0.2, 0) is 11.3 Å². The third kappa shape index (κ3) is 6.78. The highest BCUT2D eigenvalue weighted by atomic mass is 127. The number of anilines is 1. The number of halogens is 2. The number of nitrogens with zero attached hydrogens (tertiary/aromatic N) is 3. The minimum absolute atomic E-state index is 0. The Morgan fingerprint density at radius 1 is 1.10 bits per heavy atom. The Hall–Kier alpha value is -2.95. The third-order valence-electron chi connectivity index (χ3n) is 4.42. The van der Waals surface area contributed by atoms with Gasteiger partial charge in [0.05, 0.1) is 17.9 Å². The van der Waals surface area contributed by atoms with Crippen molar-refractivity contribution in [3.63, 3.8) is 0 Å². The van der Waals surface area contributed by atoms with E-state index in [1.165, 1.54) is 12.1 Å². The predicted molar refractivity (Wildman–Crippen MR) is 132 cm³/mol. The van der Waals surface area contributed by atoms with Gasteiger partial charge < -0.3 is 16.0 Å². The van der Waals surface area contributed by atoms with E-state index in [2.05, 4.69) is 26.0 Å². The van der Waals surface area contributed by atoms with Crippen LogP contribution in [0.1, 0.15) is 17.0 Å². The van der Waals surface area contributed by atoms with Gasteiger partial charge in [0.2, 0.25) is 5.91 Å². The Kier molecular flexibility index (Phi) is 8.98. The third-order valence-corrected chi connectivity index (χ3v) is 4.42. The second kappa shape index (κ2) is 11.4. The predicted octanol–water partition coefficient (Wildman–Crippen LogP) is 3.55. The van der Waals surface area contributed by atoms with Gasteiger partial charge in [0, 0.05) is 25.0 Å². The summed E-state index contributed by atoms with van der Waals surface area (Å²) in [5, 5.41) is 13.4. The van der Waals surface area contributed by atoms with E-state index in [-0.39, 0.29) is 36.4 Å². The Morgan fingerprint density at radius 2 is 1.87 bits per heavy atom. The quantitative estimate of drug-likeness (QED) is 0.256. The Labute approximate surface area is 198 Å². The van der Waals surface area contributed by atoms with E-state index in [1.807, 2.05) is 48.9 Å². The van der Waals surface area contributed by atoms with E-state index in [4.69, 9.17) is 0 Å². The Bertz CT molecular complexity index is 1070. The van der Waals surface area contributed by atoms with Crippen LogP contribution in [0.4, 0.5) is 10.1 Å². The standard InChI is InChI=1S/C22H25FN6O.HI/c1-15-11-16(2)29(28-15)20-10-5-4-7-17(20)13-25-22(24-3)26-14-21(30)27-19-9-6-8-18(23)12-19;/h4-12H,13-14H2,1-3H3,(H,27,30)(H2,24,25,26);1H. The second-order valence-corrected chi connectivity index (χ2v) is 6.81. The van der Waals surface area contributed by atoms with Gasteiger partial charge >= 0.3 is 0 Å². The number of hydrogen-bond acceptors (Lipinski definition) is 3. The van der Waals surface area contributed by atoms with Crippen molar-refractivity contribution in [1.82, 2.24) is 20.4 Å². The Morgan fingerprint density at radius 3 is 2.55 bits per heavy atom. The largest absolute Gasteiger partial charge is 0.352 e. The van der Waals surface area contributed by atoms with Gasteiger partial charge in [-0.3, -0.25) is 9.79 Å². The molecule has 0 unspecified atom stereocenters. The van der Waals surface area contributed by atoms with E-state index in [1.54, 1.807) is 19.2 Å². The first-order valence-corrected chi connectivity index (χ1v) is 9.58. The molecule has 3 aromatic rings. The van der Waals surface area contributed by atoms with Crippen molar-refractivity contribution >= 4 is 41.5 Å². The average Bonchev–Trinajstić information content (AvgIpc) is 3.06. The zero-order valence-electron chi connectivity index (χ0n) is 17.6. The summed E-state index contributed by atoms with van der Waals surface area (Å²) >= 11 is 0. The number of carbonyl (C=O) groups is 1. The molecule has 1 amide bonds. The smallest absolute Gasteiger partial charge is 0.243 e. The number of carbonyl (C=O) groups excluding carboxylic acids is 1. The fourth-order valence-electron chi connectivity index (χ4n) is 3.07. The number of benzene rings is 2. The van der Waals surface area contributed by atoms with Crippen LogP contribution in [0.5, 0.6) is 0 Å². The zero-order valence-corrected chi connectivity index (χ0v) is 20.0. The minimum Gasteiger partial charge on any atom is -0.352 e. The molecular formula is C22H26FIN6O. The molecule has 0 aliphatic heterocycles. The van der Waals surface area contributed by atoms with Gasteiger partial charge in [-0.25, -0.2) is 9.07 Å². The number of aromatic nitrogens is 2. The van der Waals surface area contributed by atoms with Gasteiger partial charge in [-0.15, -0.1) is 24.0 Å². The maximum atomic E-state index is 13.2. The monoisotopic (exact) mass is 536 g/mol. The van der Waals surface area contributed by atoms with Crippen LogP contribution < -0.4 is 16.0 Å². The number of amides is 1. The highest BCUT2D eigenvalue weighted by Crippen LogP contribution is 2.16. The van der Waals surface area contributed by atoms with Crippen LogP contribution in [0.15, 0.2) is 59.6 Å². The molecule has 0 atom stereocenters. The van der Waals surface area contributed by atoms with E-state index in [0.29, 0.717) is 18.2 Å². The molecule has 0 saturated heterocycles. The lowest BCUT2D eigenvalue weighted by Crippen LogP contribution is -2.41. The Balaban J connectivity index is 0.00000341. The van der Waals surface area contributed by atoms with Crippen LogP contribution in [0.3, 0.4) is 0 Å². The van der Waals surface area contributed by atoms with Crippen molar-refractivity contribution in [2.45, 2.75) is 20.4 Å². The summed E-state index contributed by atoms with van der Waals surface area (Å²) in [6.45, 7) is 4.47. The summed E-state index contributed by atoms with van der Waals surface area (Å²) in [5.41, 5.74) is 4.43. The van der Waals surface area contributed by atoms with Gasteiger partial charge in [-0.2, -0.15) is 5.10 Å². The molecule has 9 heteroatoms. The van der Waals surface area contributed by atoms with Gasteiger partial charge in [0.15, 0.2) is 5.96 Å². The number of rotatable bonds is 6. The molecule has 0 aliphatic rings. The van der Waals surface area contributed by atoms with Crippen LogP contribution in [-0.4, -0.2) is 35.2 Å². The fraction of sp³-hybridized carbons (Fsp3) is 0.227. The number of nitrogens with one attached hydrogen (secondary N) is 3. The van der Waals surface area contributed by atoms with Crippen LogP contribution in [0, 0.1) is 19.7 Å². The topological polar surface area (TPSA) is 83.3 Å². The van der Waals surface area contributed by atoms with Crippen molar-refractivity contribution in [1.29, 1.82) is 0 Å². The molecule has 31 heavy (non-hydrogen) atoms. The number of hydrogen-bond donors (Lipinski definition) is 3. The number of aliphatic imine (C=N–C) groups is 1. The molecule has 0 bridgehead atoms. The van der Waals surface area contributed by atoms with E-state index < -0.39 is 5.82 Å².